The van der Waals surface area contributed by atoms with Gasteiger partial charge in [0.2, 0.25) is 0 Å². The van der Waals surface area contributed by atoms with Crippen LogP contribution in [0.25, 0.3) is 10.2 Å². The molecule has 4 heteroatoms. The predicted molar refractivity (Wildman–Crippen MR) is 63.7 cm³/mol. The molecule has 3 nitrogen and oxygen atoms in total. The summed E-state index contributed by atoms with van der Waals surface area (Å²) >= 11 is 1.59. The van der Waals surface area contributed by atoms with Crippen molar-refractivity contribution in [1.29, 1.82) is 0 Å². The van der Waals surface area contributed by atoms with Gasteiger partial charge in [0.25, 0.3) is 5.56 Å². The Bertz CT molecular complexity index is 566. The summed E-state index contributed by atoms with van der Waals surface area (Å²) in [4.78, 5) is 18.5. The zero-order valence-electron chi connectivity index (χ0n) is 9.37. The van der Waals surface area contributed by atoms with Gasteiger partial charge < -0.3 is 0 Å². The predicted octanol–water partition coefficient (Wildman–Crippen LogP) is 2.66. The van der Waals surface area contributed by atoms with Gasteiger partial charge in [0, 0.05) is 10.9 Å². The van der Waals surface area contributed by atoms with E-state index in [1.54, 1.807) is 22.2 Å². The van der Waals surface area contributed by atoms with Crippen molar-refractivity contribution in [2.45, 2.75) is 33.7 Å². The lowest BCUT2D eigenvalue weighted by atomic mass is 10.2. The Morgan fingerprint density at radius 1 is 1.40 bits per heavy atom. The van der Waals surface area contributed by atoms with Crippen LogP contribution in [-0.4, -0.2) is 9.55 Å². The summed E-state index contributed by atoms with van der Waals surface area (Å²) in [7, 11) is 0. The highest BCUT2D eigenvalue weighted by Gasteiger charge is 2.12. The highest BCUT2D eigenvalue weighted by Crippen LogP contribution is 2.25. The molecule has 0 unspecified atom stereocenters. The van der Waals surface area contributed by atoms with Crippen LogP contribution in [0.15, 0.2) is 11.1 Å². The summed E-state index contributed by atoms with van der Waals surface area (Å²) in [5.74, 6) is 0. The second-order valence-corrected chi connectivity index (χ2v) is 5.22. The molecule has 0 fully saturated rings. The van der Waals surface area contributed by atoms with E-state index in [1.165, 1.54) is 4.88 Å². The van der Waals surface area contributed by atoms with Crippen LogP contribution in [0.4, 0.5) is 0 Å². The summed E-state index contributed by atoms with van der Waals surface area (Å²) < 4.78 is 1.68. The lowest BCUT2D eigenvalue weighted by molar-refractivity contribution is 0.573. The van der Waals surface area contributed by atoms with Crippen LogP contribution in [0.2, 0.25) is 0 Å². The minimum absolute atomic E-state index is 0.0804. The van der Waals surface area contributed by atoms with E-state index in [1.807, 2.05) is 27.7 Å². The Kier molecular flexibility index (Phi) is 2.38. The van der Waals surface area contributed by atoms with Gasteiger partial charge in [-0.1, -0.05) is 0 Å². The van der Waals surface area contributed by atoms with Gasteiger partial charge in [0.15, 0.2) is 0 Å². The van der Waals surface area contributed by atoms with E-state index in [-0.39, 0.29) is 11.6 Å². The zero-order chi connectivity index (χ0) is 11.2. The van der Waals surface area contributed by atoms with Crippen molar-refractivity contribution in [3.05, 3.63) is 27.1 Å². The standard InChI is InChI=1S/C11H14N2OS/c1-6(2)13-5-12-10-9(11(13)14)7(3)8(4)15-10/h5-6H,1-4H3. The monoisotopic (exact) mass is 222 g/mol. The highest BCUT2D eigenvalue weighted by atomic mass is 32.1. The van der Waals surface area contributed by atoms with E-state index < -0.39 is 0 Å². The summed E-state index contributed by atoms with van der Waals surface area (Å²) in [5, 5.41) is 0.786. The second kappa shape index (κ2) is 3.45. The fraction of sp³-hybridized carbons (Fsp3) is 0.455. The molecule has 0 aromatic carbocycles. The van der Waals surface area contributed by atoms with E-state index >= 15 is 0 Å². The average molecular weight is 222 g/mol. The van der Waals surface area contributed by atoms with Gasteiger partial charge in [-0.25, -0.2) is 4.98 Å². The number of hydrogen-bond donors (Lipinski definition) is 0. The van der Waals surface area contributed by atoms with Gasteiger partial charge in [-0.2, -0.15) is 0 Å². The molecule has 2 aromatic heterocycles. The summed E-state index contributed by atoms with van der Waals surface area (Å²) in [6, 6.07) is 0.161. The molecule has 2 aromatic rings. The van der Waals surface area contributed by atoms with Gasteiger partial charge in [-0.15, -0.1) is 11.3 Å². The van der Waals surface area contributed by atoms with E-state index in [4.69, 9.17) is 0 Å². The lowest BCUT2D eigenvalue weighted by Gasteiger charge is -2.08. The molecule has 0 N–H and O–H groups in total. The third-order valence-electron chi connectivity index (χ3n) is 2.67. The molecule has 2 rings (SSSR count). The van der Waals surface area contributed by atoms with Gasteiger partial charge in [-0.05, 0) is 33.3 Å². The molecule has 0 aliphatic carbocycles. The summed E-state index contributed by atoms with van der Waals surface area (Å²) in [5.41, 5.74) is 1.15. The van der Waals surface area contributed by atoms with E-state index in [2.05, 4.69) is 4.98 Å². The maximum Gasteiger partial charge on any atom is 0.262 e. The van der Waals surface area contributed by atoms with Crippen LogP contribution in [0.3, 0.4) is 0 Å². The number of thiophene rings is 1. The fourth-order valence-corrected chi connectivity index (χ4v) is 2.60. The van der Waals surface area contributed by atoms with Crippen LogP contribution in [0.5, 0.6) is 0 Å². The van der Waals surface area contributed by atoms with E-state index in [0.29, 0.717) is 0 Å². The molecule has 0 aliphatic heterocycles. The van der Waals surface area contributed by atoms with Crippen molar-refractivity contribution in [3.63, 3.8) is 0 Å². The number of rotatable bonds is 1. The molecular formula is C11H14N2OS. The molecular weight excluding hydrogens is 208 g/mol. The van der Waals surface area contributed by atoms with Gasteiger partial charge in [-0.3, -0.25) is 9.36 Å². The van der Waals surface area contributed by atoms with Crippen LogP contribution >= 0.6 is 11.3 Å². The molecule has 0 radical (unpaired) electrons. The van der Waals surface area contributed by atoms with Crippen molar-refractivity contribution in [2.24, 2.45) is 0 Å². The molecule has 2 heterocycles. The highest BCUT2D eigenvalue weighted by molar-refractivity contribution is 7.18. The van der Waals surface area contributed by atoms with Gasteiger partial charge in [0.05, 0.1) is 11.7 Å². The van der Waals surface area contributed by atoms with Crippen molar-refractivity contribution in [1.82, 2.24) is 9.55 Å². The van der Waals surface area contributed by atoms with Crippen molar-refractivity contribution in [2.75, 3.05) is 0 Å². The Morgan fingerprint density at radius 3 is 2.67 bits per heavy atom. The van der Waals surface area contributed by atoms with Gasteiger partial charge >= 0.3 is 0 Å². The van der Waals surface area contributed by atoms with Gasteiger partial charge in [0.1, 0.15) is 4.83 Å². The normalized spacial score (nSPS) is 11.5. The van der Waals surface area contributed by atoms with Crippen molar-refractivity contribution >= 4 is 21.6 Å². The molecule has 0 atom stereocenters. The molecule has 0 aliphatic rings. The zero-order valence-corrected chi connectivity index (χ0v) is 10.2. The minimum atomic E-state index is 0.0804. The van der Waals surface area contributed by atoms with Crippen LogP contribution in [0.1, 0.15) is 30.3 Å². The van der Waals surface area contributed by atoms with Crippen molar-refractivity contribution in [3.8, 4) is 0 Å². The summed E-state index contributed by atoms with van der Waals surface area (Å²) in [6.45, 7) is 8.00. The quantitative estimate of drug-likeness (QED) is 0.743. The van der Waals surface area contributed by atoms with Crippen LogP contribution < -0.4 is 5.56 Å². The van der Waals surface area contributed by atoms with Crippen LogP contribution in [-0.2, 0) is 0 Å². The average Bonchev–Trinajstić information content (AvgIpc) is 2.43. The number of hydrogen-bond acceptors (Lipinski definition) is 3. The Balaban J connectivity index is 2.89. The Morgan fingerprint density at radius 2 is 2.07 bits per heavy atom. The van der Waals surface area contributed by atoms with E-state index in [0.717, 1.165) is 15.8 Å². The molecule has 15 heavy (non-hydrogen) atoms. The first-order valence-corrected chi connectivity index (χ1v) is 5.81. The second-order valence-electron chi connectivity index (χ2n) is 4.01. The summed E-state index contributed by atoms with van der Waals surface area (Å²) in [6.07, 6.45) is 1.64. The maximum atomic E-state index is 12.1. The molecule has 0 saturated carbocycles. The molecule has 0 spiro atoms. The first-order valence-electron chi connectivity index (χ1n) is 4.99. The van der Waals surface area contributed by atoms with Crippen molar-refractivity contribution < 1.29 is 0 Å². The smallest absolute Gasteiger partial charge is 0.262 e. The Hall–Kier alpha value is -1.16. The first-order chi connectivity index (χ1) is 7.02. The number of aromatic nitrogens is 2. The number of nitrogens with zero attached hydrogens (tertiary/aromatic N) is 2. The molecule has 80 valence electrons. The third kappa shape index (κ3) is 1.49. The first kappa shape index (κ1) is 10.4. The number of aryl methyl sites for hydroxylation is 2. The topological polar surface area (TPSA) is 34.9 Å². The SMILES string of the molecule is Cc1sc2ncn(C(C)C)c(=O)c2c1C. The molecule has 0 bridgehead atoms. The largest absolute Gasteiger partial charge is 0.296 e. The fourth-order valence-electron chi connectivity index (χ4n) is 1.62. The number of fused-ring (bicyclic) bond motifs is 1. The molecule has 0 amide bonds. The molecule has 0 saturated heterocycles. The lowest BCUT2D eigenvalue weighted by Crippen LogP contribution is -2.22. The van der Waals surface area contributed by atoms with Crippen LogP contribution in [0, 0.1) is 13.8 Å². The van der Waals surface area contributed by atoms with E-state index in [9.17, 15) is 4.79 Å². The maximum absolute atomic E-state index is 12.1. The third-order valence-corrected chi connectivity index (χ3v) is 3.79. The minimum Gasteiger partial charge on any atom is -0.296 e. The Labute approximate surface area is 92.4 Å².